The van der Waals surface area contributed by atoms with Crippen LogP contribution in [0.4, 0.5) is 0 Å². The average Bonchev–Trinajstić information content (AvgIpc) is 2.08. The highest BCUT2D eigenvalue weighted by Gasteiger charge is 2.12. The summed E-state index contributed by atoms with van der Waals surface area (Å²) in [5.74, 6) is -0.120. The van der Waals surface area contributed by atoms with Gasteiger partial charge in [-0.1, -0.05) is 25.4 Å². The first-order valence-electron chi connectivity index (χ1n) is 4.47. The molecule has 1 rings (SSSR count). The molecule has 0 unspecified atom stereocenters. The molecule has 0 radical (unpaired) electrons. The quantitative estimate of drug-likeness (QED) is 0.767. The molecule has 2 N–H and O–H groups in total. The summed E-state index contributed by atoms with van der Waals surface area (Å²) < 4.78 is 1.23. The third-order valence-corrected chi connectivity index (χ3v) is 2.03. The van der Waals surface area contributed by atoms with Crippen LogP contribution < -0.4 is 11.3 Å². The van der Waals surface area contributed by atoms with Crippen LogP contribution in [0.2, 0.25) is 5.15 Å². The van der Waals surface area contributed by atoms with E-state index in [4.69, 9.17) is 17.3 Å². The Kier molecular flexibility index (Phi) is 3.47. The van der Waals surface area contributed by atoms with Crippen molar-refractivity contribution in [3.63, 3.8) is 0 Å². The van der Waals surface area contributed by atoms with Gasteiger partial charge in [-0.3, -0.25) is 14.2 Å². The Morgan fingerprint density at radius 1 is 1.67 bits per heavy atom. The second kappa shape index (κ2) is 4.44. The molecule has 0 aliphatic rings. The zero-order chi connectivity index (χ0) is 11.6. The predicted octanol–water partition coefficient (Wildman–Crippen LogP) is 0.505. The lowest BCUT2D eigenvalue weighted by molar-refractivity contribution is -0.118. The van der Waals surface area contributed by atoms with Gasteiger partial charge in [0.05, 0.1) is 0 Å². The molecule has 0 aliphatic heterocycles. The highest BCUT2D eigenvalue weighted by molar-refractivity contribution is 6.29. The fourth-order valence-electron chi connectivity index (χ4n) is 1.25. The minimum Gasteiger partial charge on any atom is -0.368 e. The van der Waals surface area contributed by atoms with Crippen LogP contribution in [0.25, 0.3) is 0 Å². The van der Waals surface area contributed by atoms with Crippen molar-refractivity contribution in [3.8, 4) is 0 Å². The highest BCUT2D eigenvalue weighted by Crippen LogP contribution is 2.12. The maximum Gasteiger partial charge on any atom is 0.255 e. The average molecular weight is 230 g/mol. The molecule has 1 amide bonds. The molecule has 82 valence electrons. The van der Waals surface area contributed by atoms with Crippen molar-refractivity contribution in [1.82, 2.24) is 9.55 Å². The number of hydrogen-bond donors (Lipinski definition) is 1. The second-order valence-corrected chi connectivity index (χ2v) is 3.87. The lowest BCUT2D eigenvalue weighted by atomic mass is 10.2. The van der Waals surface area contributed by atoms with E-state index in [0.717, 1.165) is 6.07 Å². The van der Waals surface area contributed by atoms with E-state index in [-0.39, 0.29) is 23.2 Å². The van der Waals surface area contributed by atoms with Crippen LogP contribution in [0, 0.1) is 0 Å². The molecule has 1 heterocycles. The molecule has 0 saturated heterocycles. The molecule has 0 atom stereocenters. The molecule has 15 heavy (non-hydrogen) atoms. The smallest absolute Gasteiger partial charge is 0.255 e. The van der Waals surface area contributed by atoms with Gasteiger partial charge in [0, 0.05) is 12.0 Å². The number of hydrogen-bond acceptors (Lipinski definition) is 3. The Morgan fingerprint density at radius 3 is 2.73 bits per heavy atom. The minimum atomic E-state index is -0.580. The number of carbonyl (C=O) groups is 1. The number of nitrogens with two attached hydrogens (primary N) is 1. The van der Waals surface area contributed by atoms with Crippen LogP contribution in [0.5, 0.6) is 0 Å². The summed E-state index contributed by atoms with van der Waals surface area (Å²) in [6.45, 7) is 3.54. The van der Waals surface area contributed by atoms with E-state index in [1.54, 1.807) is 0 Å². The van der Waals surface area contributed by atoms with Gasteiger partial charge < -0.3 is 5.73 Å². The number of nitrogens with zero attached hydrogens (tertiary/aromatic N) is 2. The Morgan fingerprint density at radius 2 is 2.27 bits per heavy atom. The predicted molar refractivity (Wildman–Crippen MR) is 56.8 cm³/mol. The molecule has 5 nitrogen and oxygen atoms in total. The third kappa shape index (κ3) is 2.79. The minimum absolute atomic E-state index is 0.00394. The van der Waals surface area contributed by atoms with Crippen molar-refractivity contribution >= 4 is 17.5 Å². The molecule has 0 saturated carbocycles. The molecule has 0 spiro atoms. The van der Waals surface area contributed by atoms with E-state index in [9.17, 15) is 9.59 Å². The fraction of sp³-hybridized carbons (Fsp3) is 0.444. The number of carbonyl (C=O) groups excluding carboxylic acids is 1. The summed E-state index contributed by atoms with van der Waals surface area (Å²) in [5, 5.41) is 0.129. The Labute approximate surface area is 91.9 Å². The Bertz CT molecular complexity index is 439. The molecule has 0 fully saturated rings. The van der Waals surface area contributed by atoms with Gasteiger partial charge in [-0.25, -0.2) is 4.98 Å². The van der Waals surface area contributed by atoms with Crippen molar-refractivity contribution in [2.24, 2.45) is 5.73 Å². The summed E-state index contributed by atoms with van der Waals surface area (Å²) >= 11 is 5.66. The number of halogens is 1. The first kappa shape index (κ1) is 11.7. The topological polar surface area (TPSA) is 78.0 Å². The molecule has 0 bridgehead atoms. The van der Waals surface area contributed by atoms with Gasteiger partial charge in [0.25, 0.3) is 5.56 Å². The van der Waals surface area contributed by atoms with Crippen LogP contribution >= 0.6 is 11.6 Å². The van der Waals surface area contributed by atoms with Crippen molar-refractivity contribution in [3.05, 3.63) is 27.4 Å². The van der Waals surface area contributed by atoms with Crippen LogP contribution in [0.1, 0.15) is 25.6 Å². The monoisotopic (exact) mass is 229 g/mol. The van der Waals surface area contributed by atoms with Gasteiger partial charge in [-0.15, -0.1) is 0 Å². The standard InChI is InChI=1S/C9H12ClN3O2/c1-5(2)9-12-6(10)3-8(15)13(9)4-7(11)14/h3,5H,4H2,1-2H3,(H2,11,14). The number of amides is 1. The highest BCUT2D eigenvalue weighted by atomic mass is 35.5. The zero-order valence-corrected chi connectivity index (χ0v) is 9.28. The van der Waals surface area contributed by atoms with E-state index in [1.165, 1.54) is 4.57 Å². The van der Waals surface area contributed by atoms with Crippen molar-refractivity contribution in [2.45, 2.75) is 26.3 Å². The van der Waals surface area contributed by atoms with Crippen molar-refractivity contribution in [2.75, 3.05) is 0 Å². The van der Waals surface area contributed by atoms with E-state index in [1.807, 2.05) is 13.8 Å². The van der Waals surface area contributed by atoms with E-state index < -0.39 is 5.91 Å². The summed E-state index contributed by atoms with van der Waals surface area (Å²) in [6, 6.07) is 1.16. The summed E-state index contributed by atoms with van der Waals surface area (Å²) in [5.41, 5.74) is 4.68. The first-order chi connectivity index (χ1) is 6.91. The van der Waals surface area contributed by atoms with E-state index in [0.29, 0.717) is 5.82 Å². The van der Waals surface area contributed by atoms with E-state index >= 15 is 0 Å². The van der Waals surface area contributed by atoms with E-state index in [2.05, 4.69) is 4.98 Å². The molecule has 0 aliphatic carbocycles. The maximum atomic E-state index is 11.5. The van der Waals surface area contributed by atoms with Crippen LogP contribution in [-0.4, -0.2) is 15.5 Å². The fourth-order valence-corrected chi connectivity index (χ4v) is 1.43. The van der Waals surface area contributed by atoms with Crippen molar-refractivity contribution < 1.29 is 4.79 Å². The molecular weight excluding hydrogens is 218 g/mol. The Balaban J connectivity index is 3.33. The van der Waals surface area contributed by atoms with Gasteiger partial charge >= 0.3 is 0 Å². The van der Waals surface area contributed by atoms with Gasteiger partial charge in [0.2, 0.25) is 5.91 Å². The number of primary amides is 1. The van der Waals surface area contributed by atoms with Crippen LogP contribution in [-0.2, 0) is 11.3 Å². The molecule has 0 aromatic carbocycles. The summed E-state index contributed by atoms with van der Waals surface area (Å²) in [6.07, 6.45) is 0. The van der Waals surface area contributed by atoms with Gasteiger partial charge in [0.15, 0.2) is 0 Å². The third-order valence-electron chi connectivity index (χ3n) is 1.84. The normalized spacial score (nSPS) is 10.7. The lowest BCUT2D eigenvalue weighted by Crippen LogP contribution is -2.31. The summed E-state index contributed by atoms with van der Waals surface area (Å²) in [4.78, 5) is 26.3. The number of aromatic nitrogens is 2. The molecule has 1 aromatic rings. The van der Waals surface area contributed by atoms with Gasteiger partial charge in [-0.2, -0.15) is 0 Å². The second-order valence-electron chi connectivity index (χ2n) is 3.48. The van der Waals surface area contributed by atoms with Crippen molar-refractivity contribution in [1.29, 1.82) is 0 Å². The first-order valence-corrected chi connectivity index (χ1v) is 4.85. The molecule has 6 heteroatoms. The van der Waals surface area contributed by atoms with Gasteiger partial charge in [-0.05, 0) is 0 Å². The van der Waals surface area contributed by atoms with Crippen LogP contribution in [0.3, 0.4) is 0 Å². The maximum absolute atomic E-state index is 11.5. The molecular formula is C9H12ClN3O2. The lowest BCUT2D eigenvalue weighted by Gasteiger charge is -2.12. The number of rotatable bonds is 3. The van der Waals surface area contributed by atoms with Crippen LogP contribution in [0.15, 0.2) is 10.9 Å². The molecule has 1 aromatic heterocycles. The SMILES string of the molecule is CC(C)c1nc(Cl)cc(=O)n1CC(N)=O. The van der Waals surface area contributed by atoms with Gasteiger partial charge in [0.1, 0.15) is 17.5 Å². The zero-order valence-electron chi connectivity index (χ0n) is 8.53. The largest absolute Gasteiger partial charge is 0.368 e. The Hall–Kier alpha value is -1.36. The summed E-state index contributed by atoms with van der Waals surface area (Å²) in [7, 11) is 0.